The molecule has 0 bridgehead atoms. The fourth-order valence-corrected chi connectivity index (χ4v) is 3.25. The Labute approximate surface area is 139 Å². The number of aliphatic hydroxyl groups is 1. The Hall–Kier alpha value is -2.91. The minimum atomic E-state index is -0.408. The molecule has 0 fully saturated rings. The first-order valence-corrected chi connectivity index (χ1v) is 7.98. The lowest BCUT2D eigenvalue weighted by atomic mass is 10.1. The van der Waals surface area contributed by atoms with Gasteiger partial charge < -0.3 is 9.67 Å². The molecule has 1 heterocycles. The quantitative estimate of drug-likeness (QED) is 0.621. The lowest BCUT2D eigenvalue weighted by Crippen LogP contribution is -2.07. The Bertz CT molecular complexity index is 976. The minimum absolute atomic E-state index is 0.167. The molecule has 0 amide bonds. The fraction of sp³-hybridized carbons (Fsp3) is 0.0952. The van der Waals surface area contributed by atoms with Crippen LogP contribution < -0.4 is 0 Å². The summed E-state index contributed by atoms with van der Waals surface area (Å²) in [6.45, 7) is -0.408. The van der Waals surface area contributed by atoms with Crippen molar-refractivity contribution in [3.8, 4) is 5.69 Å². The van der Waals surface area contributed by atoms with Gasteiger partial charge >= 0.3 is 0 Å². The first-order valence-electron chi connectivity index (χ1n) is 7.98. The zero-order chi connectivity index (χ0) is 16.5. The normalized spacial score (nSPS) is 11.2. The molecule has 0 saturated carbocycles. The molecule has 0 saturated heterocycles. The van der Waals surface area contributed by atoms with Gasteiger partial charge in [-0.25, -0.2) is 0 Å². The van der Waals surface area contributed by atoms with E-state index in [2.05, 4.69) is 41.0 Å². The molecule has 0 aliphatic rings. The van der Waals surface area contributed by atoms with Crippen molar-refractivity contribution < 1.29 is 9.90 Å². The van der Waals surface area contributed by atoms with Crippen LogP contribution in [-0.2, 0) is 11.2 Å². The van der Waals surface area contributed by atoms with E-state index in [0.717, 1.165) is 22.3 Å². The number of benzene rings is 3. The van der Waals surface area contributed by atoms with Gasteiger partial charge in [-0.15, -0.1) is 0 Å². The van der Waals surface area contributed by atoms with E-state index in [1.807, 2.05) is 36.4 Å². The summed E-state index contributed by atoms with van der Waals surface area (Å²) < 4.78 is 2.24. The largest absolute Gasteiger partial charge is 0.389 e. The molecule has 1 N–H and O–H groups in total. The molecular weight excluding hydrogens is 298 g/mol. The summed E-state index contributed by atoms with van der Waals surface area (Å²) >= 11 is 0. The van der Waals surface area contributed by atoms with Gasteiger partial charge in [0, 0.05) is 22.9 Å². The number of fused-ring (bicyclic) bond motifs is 3. The Morgan fingerprint density at radius 2 is 1.33 bits per heavy atom. The van der Waals surface area contributed by atoms with Crippen LogP contribution in [0.2, 0.25) is 0 Å². The Morgan fingerprint density at radius 1 is 0.792 bits per heavy atom. The van der Waals surface area contributed by atoms with Gasteiger partial charge in [0.25, 0.3) is 0 Å². The molecule has 0 aliphatic carbocycles. The third-order valence-corrected chi connectivity index (χ3v) is 4.35. The molecule has 0 aliphatic heterocycles. The fourth-order valence-electron chi connectivity index (χ4n) is 3.25. The van der Waals surface area contributed by atoms with E-state index >= 15 is 0 Å². The van der Waals surface area contributed by atoms with Crippen molar-refractivity contribution in [3.63, 3.8) is 0 Å². The third-order valence-electron chi connectivity index (χ3n) is 4.35. The van der Waals surface area contributed by atoms with Crippen LogP contribution in [0.1, 0.15) is 5.56 Å². The van der Waals surface area contributed by atoms with Crippen molar-refractivity contribution in [2.45, 2.75) is 6.42 Å². The number of aromatic nitrogens is 1. The summed E-state index contributed by atoms with van der Waals surface area (Å²) in [6.07, 6.45) is 0.268. The molecule has 1 aromatic heterocycles. The van der Waals surface area contributed by atoms with Gasteiger partial charge in [-0.1, -0.05) is 48.5 Å². The number of Topliss-reactive ketones (excluding diaryl/α,β-unsaturated/α-hetero) is 1. The summed E-state index contributed by atoms with van der Waals surface area (Å²) in [7, 11) is 0. The predicted molar refractivity (Wildman–Crippen MR) is 96.6 cm³/mol. The number of carbonyl (C=O) groups is 1. The lowest BCUT2D eigenvalue weighted by Gasteiger charge is -2.08. The van der Waals surface area contributed by atoms with E-state index in [-0.39, 0.29) is 12.2 Å². The number of ketones is 1. The number of rotatable bonds is 4. The zero-order valence-corrected chi connectivity index (χ0v) is 13.1. The zero-order valence-electron chi connectivity index (χ0n) is 13.1. The monoisotopic (exact) mass is 315 g/mol. The van der Waals surface area contributed by atoms with Gasteiger partial charge in [0.1, 0.15) is 6.61 Å². The van der Waals surface area contributed by atoms with Crippen molar-refractivity contribution in [1.82, 2.24) is 4.57 Å². The first-order chi connectivity index (χ1) is 11.8. The van der Waals surface area contributed by atoms with E-state index < -0.39 is 6.61 Å². The predicted octanol–water partition coefficient (Wildman–Crippen LogP) is 3.89. The minimum Gasteiger partial charge on any atom is -0.389 e. The number of aliphatic hydroxyl groups excluding tert-OH is 1. The number of hydrogen-bond acceptors (Lipinski definition) is 2. The second-order valence-corrected chi connectivity index (χ2v) is 5.91. The number of hydrogen-bond donors (Lipinski definition) is 1. The molecule has 0 spiro atoms. The topological polar surface area (TPSA) is 42.2 Å². The van der Waals surface area contributed by atoms with Crippen molar-refractivity contribution in [2.24, 2.45) is 0 Å². The molecule has 4 rings (SSSR count). The number of carbonyl (C=O) groups excluding carboxylic acids is 1. The summed E-state index contributed by atoms with van der Waals surface area (Å²) in [5.41, 5.74) is 4.31. The Kier molecular flexibility index (Phi) is 3.63. The van der Waals surface area contributed by atoms with Gasteiger partial charge in [0.15, 0.2) is 5.78 Å². The van der Waals surface area contributed by atoms with Gasteiger partial charge in [0.2, 0.25) is 0 Å². The summed E-state index contributed by atoms with van der Waals surface area (Å²) in [6, 6.07) is 24.7. The second kappa shape index (κ2) is 5.95. The van der Waals surface area contributed by atoms with Gasteiger partial charge in [-0.2, -0.15) is 0 Å². The van der Waals surface area contributed by atoms with Crippen LogP contribution in [-0.4, -0.2) is 22.1 Å². The maximum absolute atomic E-state index is 11.4. The van der Waals surface area contributed by atoms with Crippen molar-refractivity contribution in [3.05, 3.63) is 78.4 Å². The smallest absolute Gasteiger partial charge is 0.162 e. The van der Waals surface area contributed by atoms with Gasteiger partial charge in [-0.05, 0) is 29.8 Å². The summed E-state index contributed by atoms with van der Waals surface area (Å²) in [4.78, 5) is 11.4. The van der Waals surface area contributed by atoms with E-state index in [1.54, 1.807) is 0 Å². The van der Waals surface area contributed by atoms with Crippen LogP contribution in [0.5, 0.6) is 0 Å². The third kappa shape index (κ3) is 2.39. The van der Waals surface area contributed by atoms with Crippen LogP contribution >= 0.6 is 0 Å². The van der Waals surface area contributed by atoms with Crippen LogP contribution in [0.3, 0.4) is 0 Å². The maximum atomic E-state index is 11.4. The Morgan fingerprint density at radius 3 is 1.88 bits per heavy atom. The molecule has 3 heteroatoms. The average molecular weight is 315 g/mol. The van der Waals surface area contributed by atoms with Crippen molar-refractivity contribution in [1.29, 1.82) is 0 Å². The summed E-state index contributed by atoms with van der Waals surface area (Å²) in [5.74, 6) is -0.167. The van der Waals surface area contributed by atoms with Crippen molar-refractivity contribution in [2.75, 3.05) is 6.61 Å². The first kappa shape index (κ1) is 14.7. The number of para-hydroxylation sites is 2. The lowest BCUT2D eigenvalue weighted by molar-refractivity contribution is -0.121. The van der Waals surface area contributed by atoms with Crippen LogP contribution in [0.4, 0.5) is 0 Å². The SMILES string of the molecule is O=C(CO)Cc1ccc(-n2c3ccccc3c3ccccc32)cc1. The average Bonchev–Trinajstić information content (AvgIpc) is 2.97. The molecule has 118 valence electrons. The highest BCUT2D eigenvalue weighted by Crippen LogP contribution is 2.31. The van der Waals surface area contributed by atoms with E-state index in [1.165, 1.54) is 10.8 Å². The highest BCUT2D eigenvalue weighted by Gasteiger charge is 2.11. The van der Waals surface area contributed by atoms with Crippen molar-refractivity contribution >= 4 is 27.6 Å². The summed E-state index contributed by atoms with van der Waals surface area (Å²) in [5, 5.41) is 11.3. The molecule has 0 atom stereocenters. The standard InChI is InChI=1S/C21H17NO2/c23-14-17(24)13-15-9-11-16(12-10-15)22-20-7-3-1-5-18(20)19-6-2-4-8-21(19)22/h1-12,23H,13-14H2. The number of nitrogens with zero attached hydrogens (tertiary/aromatic N) is 1. The molecule has 0 unspecified atom stereocenters. The van der Waals surface area contributed by atoms with Gasteiger partial charge in [0.05, 0.1) is 11.0 Å². The molecule has 0 radical (unpaired) electrons. The van der Waals surface area contributed by atoms with Crippen LogP contribution in [0, 0.1) is 0 Å². The molecule has 3 aromatic carbocycles. The molecule has 4 aromatic rings. The van der Waals surface area contributed by atoms with E-state index in [9.17, 15) is 4.79 Å². The molecule has 3 nitrogen and oxygen atoms in total. The highest BCUT2D eigenvalue weighted by molar-refractivity contribution is 6.09. The van der Waals surface area contributed by atoms with Crippen LogP contribution in [0.25, 0.3) is 27.5 Å². The van der Waals surface area contributed by atoms with E-state index in [4.69, 9.17) is 5.11 Å². The van der Waals surface area contributed by atoms with Crippen LogP contribution in [0.15, 0.2) is 72.8 Å². The molecule has 24 heavy (non-hydrogen) atoms. The van der Waals surface area contributed by atoms with E-state index in [0.29, 0.717) is 0 Å². The second-order valence-electron chi connectivity index (χ2n) is 5.91. The highest BCUT2D eigenvalue weighted by atomic mass is 16.3. The molecular formula is C21H17NO2. The maximum Gasteiger partial charge on any atom is 0.162 e. The van der Waals surface area contributed by atoms with Gasteiger partial charge in [-0.3, -0.25) is 4.79 Å². The Balaban J connectivity index is 1.87.